The molecule has 5 atom stereocenters. The van der Waals surface area contributed by atoms with Gasteiger partial charge in [-0.05, 0) is 30.6 Å². The van der Waals surface area contributed by atoms with Crippen LogP contribution >= 0.6 is 28.3 Å². The molecule has 2 saturated heterocycles. The van der Waals surface area contributed by atoms with E-state index in [2.05, 4.69) is 0 Å². The van der Waals surface area contributed by atoms with Crippen molar-refractivity contribution in [2.24, 2.45) is 5.92 Å². The second-order valence-corrected chi connectivity index (χ2v) is 10.2. The lowest BCUT2D eigenvalue weighted by Gasteiger charge is -2.26. The topological polar surface area (TPSA) is 47.9 Å². The van der Waals surface area contributed by atoms with E-state index in [1.54, 1.807) is 10.8 Å². The van der Waals surface area contributed by atoms with Gasteiger partial charge < -0.3 is 18.7 Å². The van der Waals surface area contributed by atoms with Crippen molar-refractivity contribution in [3.8, 4) is 0 Å². The molecule has 2 heterocycles. The molecule has 2 rings (SSSR count). The van der Waals surface area contributed by atoms with Crippen LogP contribution in [0.15, 0.2) is 0 Å². The Balaban J connectivity index is 1.73. The van der Waals surface area contributed by atoms with E-state index in [0.717, 1.165) is 24.3 Å². The van der Waals surface area contributed by atoms with Crippen LogP contribution in [0.3, 0.4) is 0 Å². The number of hydrogen-bond donors (Lipinski definition) is 1. The van der Waals surface area contributed by atoms with Crippen LogP contribution < -0.4 is 0 Å². The first kappa shape index (κ1) is 16.6. The zero-order valence-electron chi connectivity index (χ0n) is 10.8. The highest BCUT2D eigenvalue weighted by molar-refractivity contribution is 8.76. The fraction of sp³-hybridized carbons (Fsp3) is 1.00. The summed E-state index contributed by atoms with van der Waals surface area (Å²) in [6.07, 6.45) is 1.63. The maximum atomic E-state index is 10.0. The van der Waals surface area contributed by atoms with Crippen LogP contribution in [0.2, 0.25) is 0 Å². The first-order valence-corrected chi connectivity index (χ1v) is 11.4. The average molecular weight is 340 g/mol. The molecule has 0 aromatic carbocycles. The van der Waals surface area contributed by atoms with E-state index in [-0.39, 0.29) is 24.8 Å². The smallest absolute Gasteiger partial charge is 0.324 e. The lowest BCUT2D eigenvalue weighted by atomic mass is 9.88. The molecule has 9 heteroatoms. The van der Waals surface area contributed by atoms with E-state index in [1.807, 2.05) is 17.7 Å². The predicted molar refractivity (Wildman–Crippen MR) is 85.1 cm³/mol. The summed E-state index contributed by atoms with van der Waals surface area (Å²) in [4.78, 5) is 10.0. The highest BCUT2D eigenvalue weighted by Gasteiger charge is 2.31. The number of hydrogen-bond acceptors (Lipinski definition) is 6. The van der Waals surface area contributed by atoms with E-state index >= 15 is 0 Å². The summed E-state index contributed by atoms with van der Waals surface area (Å²) in [7, 11) is 9.32. The molecule has 0 saturated carbocycles. The molecule has 19 heavy (non-hydrogen) atoms. The molecule has 1 N–H and O–H groups in total. The zero-order valence-corrected chi connectivity index (χ0v) is 14.1. The molecular formula is C10H18BO4PS3. The van der Waals surface area contributed by atoms with Gasteiger partial charge in [-0.25, -0.2) is 0 Å². The molecule has 2 fully saturated rings. The van der Waals surface area contributed by atoms with Crippen LogP contribution in [0.25, 0.3) is 0 Å². The van der Waals surface area contributed by atoms with Gasteiger partial charge >= 0.3 is 6.72 Å². The SMILES string of the molecule is [B][C@@H]1O[C@H](COP(O)(=S)O[C@@H]2CCSSC2)C[C@@H]1C. The summed E-state index contributed by atoms with van der Waals surface area (Å²) in [5.41, 5.74) is 0. The summed E-state index contributed by atoms with van der Waals surface area (Å²) in [5, 5.41) is 0. The minimum atomic E-state index is -3.16. The minimum Gasteiger partial charge on any atom is -0.382 e. The van der Waals surface area contributed by atoms with Crippen molar-refractivity contribution >= 4 is 48.0 Å². The van der Waals surface area contributed by atoms with Gasteiger partial charge in [0, 0.05) is 17.5 Å². The lowest BCUT2D eigenvalue weighted by molar-refractivity contribution is 0.0376. The van der Waals surface area contributed by atoms with Crippen molar-refractivity contribution in [3.05, 3.63) is 0 Å². The van der Waals surface area contributed by atoms with Gasteiger partial charge in [-0.1, -0.05) is 28.5 Å². The highest BCUT2D eigenvalue weighted by atomic mass is 33.1. The molecule has 0 aromatic rings. The molecule has 108 valence electrons. The number of ether oxygens (including phenoxy) is 1. The third kappa shape index (κ3) is 5.51. The summed E-state index contributed by atoms with van der Waals surface area (Å²) in [6, 6.07) is -0.252. The molecular weight excluding hydrogens is 322 g/mol. The Morgan fingerprint density at radius 3 is 2.89 bits per heavy atom. The summed E-state index contributed by atoms with van der Waals surface area (Å²) in [5.74, 6) is 2.16. The molecule has 2 radical (unpaired) electrons. The second-order valence-electron chi connectivity index (χ2n) is 4.82. The third-order valence-electron chi connectivity index (χ3n) is 3.11. The van der Waals surface area contributed by atoms with E-state index < -0.39 is 6.72 Å². The van der Waals surface area contributed by atoms with Gasteiger partial charge in [0.05, 0.1) is 18.8 Å². The monoisotopic (exact) mass is 340 g/mol. The van der Waals surface area contributed by atoms with Crippen LogP contribution in [0.4, 0.5) is 0 Å². The Bertz CT molecular complexity index is 333. The van der Waals surface area contributed by atoms with Crippen LogP contribution in [0.1, 0.15) is 19.8 Å². The Hall–Kier alpha value is 1.25. The standard InChI is InChI=1S/C10H18BO4PS3/c1-7-4-9(14-10(7)11)5-13-16(12,17)15-8-2-3-18-19-6-8/h7-10H,2-6H2,1H3,(H,12,17)/t7-,8+,9-,10+,16?/m0/s1. The molecule has 0 amide bonds. The molecule has 1 unspecified atom stereocenters. The third-order valence-corrected chi connectivity index (χ3v) is 7.21. The van der Waals surface area contributed by atoms with Crippen LogP contribution in [-0.4, -0.2) is 49.1 Å². The van der Waals surface area contributed by atoms with E-state index in [9.17, 15) is 4.89 Å². The Labute approximate surface area is 128 Å². The van der Waals surface area contributed by atoms with E-state index in [1.165, 1.54) is 0 Å². The molecule has 4 nitrogen and oxygen atoms in total. The molecule has 2 aliphatic rings. The first-order chi connectivity index (χ1) is 8.96. The fourth-order valence-corrected chi connectivity index (χ4v) is 5.96. The van der Waals surface area contributed by atoms with Crippen LogP contribution in [0, 0.1) is 5.92 Å². The quantitative estimate of drug-likeness (QED) is 0.468. The van der Waals surface area contributed by atoms with Gasteiger partial charge in [-0.3, -0.25) is 0 Å². The largest absolute Gasteiger partial charge is 0.382 e. The van der Waals surface area contributed by atoms with Crippen molar-refractivity contribution < 1.29 is 18.7 Å². The van der Waals surface area contributed by atoms with Crippen molar-refractivity contribution in [2.45, 2.75) is 38.0 Å². The number of rotatable bonds is 5. The van der Waals surface area contributed by atoms with Crippen molar-refractivity contribution in [1.82, 2.24) is 0 Å². The van der Waals surface area contributed by atoms with Gasteiger partial charge in [0.25, 0.3) is 0 Å². The van der Waals surface area contributed by atoms with Gasteiger partial charge in [-0.2, -0.15) is 0 Å². The van der Waals surface area contributed by atoms with Crippen molar-refractivity contribution in [3.63, 3.8) is 0 Å². The predicted octanol–water partition coefficient (Wildman–Crippen LogP) is 2.31. The van der Waals surface area contributed by atoms with Gasteiger partial charge in [0.2, 0.25) is 0 Å². The first-order valence-electron chi connectivity index (χ1n) is 6.27. The molecule has 0 bridgehead atoms. The maximum Gasteiger partial charge on any atom is 0.324 e. The Kier molecular flexibility index (Phi) is 6.56. The zero-order chi connectivity index (χ0) is 13.9. The molecule has 0 aromatic heterocycles. The molecule has 0 aliphatic carbocycles. The van der Waals surface area contributed by atoms with E-state index in [4.69, 9.17) is 33.4 Å². The van der Waals surface area contributed by atoms with Gasteiger partial charge in [-0.15, -0.1) is 0 Å². The summed E-state index contributed by atoms with van der Waals surface area (Å²) >= 11 is 5.04. The normalized spacial score (nSPS) is 39.1. The average Bonchev–Trinajstić information content (AvgIpc) is 2.67. The van der Waals surface area contributed by atoms with Crippen LogP contribution in [-0.2, 0) is 25.6 Å². The summed E-state index contributed by atoms with van der Waals surface area (Å²) < 4.78 is 16.4. The van der Waals surface area contributed by atoms with Crippen LogP contribution in [0.5, 0.6) is 0 Å². The summed E-state index contributed by atoms with van der Waals surface area (Å²) in [6.45, 7) is -0.878. The Morgan fingerprint density at radius 1 is 1.53 bits per heavy atom. The van der Waals surface area contributed by atoms with Crippen molar-refractivity contribution in [1.29, 1.82) is 0 Å². The minimum absolute atomic E-state index is 0.00670. The van der Waals surface area contributed by atoms with E-state index in [0.29, 0.717) is 5.92 Å². The van der Waals surface area contributed by atoms with Gasteiger partial charge in [0.15, 0.2) is 0 Å². The highest BCUT2D eigenvalue weighted by Crippen LogP contribution is 2.48. The van der Waals surface area contributed by atoms with Crippen molar-refractivity contribution in [2.75, 3.05) is 18.1 Å². The van der Waals surface area contributed by atoms with Gasteiger partial charge in [0.1, 0.15) is 7.85 Å². The Morgan fingerprint density at radius 2 is 2.32 bits per heavy atom. The second kappa shape index (κ2) is 7.50. The lowest BCUT2D eigenvalue weighted by Crippen LogP contribution is -2.21. The fourth-order valence-electron chi connectivity index (χ4n) is 1.99. The molecule has 0 spiro atoms. The molecule has 2 aliphatic heterocycles. The maximum absolute atomic E-state index is 10.0.